The molecule has 0 unspecified atom stereocenters. The molecule has 2 heterocycles. The molecule has 16 heavy (non-hydrogen) atoms. The third kappa shape index (κ3) is 2.44. The molecule has 0 saturated heterocycles. The quantitative estimate of drug-likeness (QED) is 0.825. The Morgan fingerprint density at radius 2 is 2.25 bits per heavy atom. The van der Waals surface area contributed by atoms with Crippen LogP contribution >= 0.6 is 0 Å². The first-order chi connectivity index (χ1) is 7.92. The van der Waals surface area contributed by atoms with E-state index >= 15 is 0 Å². The number of rotatable bonds is 4. The van der Waals surface area contributed by atoms with Gasteiger partial charge < -0.3 is 14.6 Å². The molecule has 1 aliphatic carbocycles. The first-order valence-electron chi connectivity index (χ1n) is 6.20. The maximum Gasteiger partial charge on any atom is 0.122 e. The molecule has 1 aromatic heterocycles. The second-order valence-corrected chi connectivity index (χ2v) is 4.97. The lowest BCUT2D eigenvalue weighted by molar-refractivity contribution is 0.0866. The van der Waals surface area contributed by atoms with Crippen molar-refractivity contribution >= 4 is 0 Å². The van der Waals surface area contributed by atoms with E-state index in [-0.39, 0.29) is 0 Å². The number of nitrogens with zero attached hydrogens (tertiary/aromatic N) is 2. The topological polar surface area (TPSA) is 39.1 Å². The molecule has 0 spiro atoms. The van der Waals surface area contributed by atoms with Gasteiger partial charge in [0, 0.05) is 38.0 Å². The van der Waals surface area contributed by atoms with Crippen LogP contribution < -0.4 is 5.32 Å². The van der Waals surface area contributed by atoms with Crippen molar-refractivity contribution in [1.29, 1.82) is 0 Å². The second-order valence-electron chi connectivity index (χ2n) is 4.97. The van der Waals surface area contributed by atoms with Gasteiger partial charge in [0.2, 0.25) is 0 Å². The van der Waals surface area contributed by atoms with Gasteiger partial charge in [0.05, 0.1) is 13.2 Å². The molecule has 2 aliphatic rings. The molecule has 4 nitrogen and oxygen atoms in total. The molecule has 1 atom stereocenters. The van der Waals surface area contributed by atoms with Crippen molar-refractivity contribution in [1.82, 2.24) is 14.9 Å². The van der Waals surface area contributed by atoms with Gasteiger partial charge in [0.1, 0.15) is 5.82 Å². The van der Waals surface area contributed by atoms with Crippen molar-refractivity contribution in [3.63, 3.8) is 0 Å². The van der Waals surface area contributed by atoms with Gasteiger partial charge in [-0.05, 0) is 18.8 Å². The van der Waals surface area contributed by atoms with Crippen LogP contribution in [0, 0.1) is 11.8 Å². The fourth-order valence-corrected chi connectivity index (χ4v) is 2.20. The number of nitrogens with one attached hydrogen (secondary N) is 1. The molecule has 0 radical (unpaired) electrons. The van der Waals surface area contributed by atoms with Gasteiger partial charge in [-0.3, -0.25) is 0 Å². The number of imidazole rings is 1. The molecule has 1 N–H and O–H groups in total. The molecule has 88 valence electrons. The number of aromatic nitrogens is 2. The Morgan fingerprint density at radius 3 is 3.12 bits per heavy atom. The zero-order chi connectivity index (χ0) is 10.8. The van der Waals surface area contributed by atoms with Crippen molar-refractivity contribution in [2.45, 2.75) is 25.9 Å². The van der Waals surface area contributed by atoms with Crippen LogP contribution in [0.25, 0.3) is 0 Å². The predicted molar refractivity (Wildman–Crippen MR) is 61.0 cm³/mol. The summed E-state index contributed by atoms with van der Waals surface area (Å²) in [6.07, 6.45) is 6.68. The Labute approximate surface area is 96.0 Å². The molecule has 1 fully saturated rings. The summed E-state index contributed by atoms with van der Waals surface area (Å²) >= 11 is 0. The zero-order valence-corrected chi connectivity index (χ0v) is 9.56. The van der Waals surface area contributed by atoms with E-state index in [2.05, 4.69) is 21.1 Å². The Morgan fingerprint density at radius 1 is 1.38 bits per heavy atom. The Hall–Kier alpha value is -0.870. The molecule has 0 bridgehead atoms. The van der Waals surface area contributed by atoms with Crippen LogP contribution in [0.3, 0.4) is 0 Å². The van der Waals surface area contributed by atoms with E-state index in [1.54, 1.807) is 0 Å². The molecular formula is C12H19N3O. The van der Waals surface area contributed by atoms with Crippen LogP contribution in [-0.4, -0.2) is 29.3 Å². The summed E-state index contributed by atoms with van der Waals surface area (Å²) in [4.78, 5) is 4.33. The van der Waals surface area contributed by atoms with Gasteiger partial charge in [-0.15, -0.1) is 0 Å². The third-order valence-corrected chi connectivity index (χ3v) is 3.38. The van der Waals surface area contributed by atoms with E-state index < -0.39 is 0 Å². The summed E-state index contributed by atoms with van der Waals surface area (Å²) in [5, 5.41) is 3.43. The van der Waals surface area contributed by atoms with Gasteiger partial charge in [-0.2, -0.15) is 0 Å². The van der Waals surface area contributed by atoms with Gasteiger partial charge in [-0.1, -0.05) is 0 Å². The van der Waals surface area contributed by atoms with Crippen LogP contribution in [0.15, 0.2) is 12.4 Å². The highest BCUT2D eigenvalue weighted by Crippen LogP contribution is 2.28. The zero-order valence-electron chi connectivity index (χ0n) is 9.56. The molecule has 4 heteroatoms. The summed E-state index contributed by atoms with van der Waals surface area (Å²) in [5.41, 5.74) is 0. The first-order valence-corrected chi connectivity index (χ1v) is 6.20. The predicted octanol–water partition coefficient (Wildman–Crippen LogP) is 1.03. The van der Waals surface area contributed by atoms with Gasteiger partial charge in [0.25, 0.3) is 0 Å². The maximum atomic E-state index is 5.77. The SMILES string of the molecule is c1cn2c(n1)CNC[C@H](COCC1CC1)C2. The van der Waals surface area contributed by atoms with Crippen LogP contribution in [0.4, 0.5) is 0 Å². The largest absolute Gasteiger partial charge is 0.381 e. The van der Waals surface area contributed by atoms with E-state index in [0.717, 1.165) is 44.6 Å². The van der Waals surface area contributed by atoms with E-state index in [4.69, 9.17) is 4.74 Å². The lowest BCUT2D eigenvalue weighted by Crippen LogP contribution is -2.25. The fraction of sp³-hybridized carbons (Fsp3) is 0.750. The molecular weight excluding hydrogens is 202 g/mol. The highest BCUT2D eigenvalue weighted by molar-refractivity contribution is 4.94. The van der Waals surface area contributed by atoms with Crippen molar-refractivity contribution in [2.24, 2.45) is 11.8 Å². The van der Waals surface area contributed by atoms with Crippen LogP contribution in [0.5, 0.6) is 0 Å². The minimum atomic E-state index is 0.578. The van der Waals surface area contributed by atoms with Crippen molar-refractivity contribution < 1.29 is 4.74 Å². The molecule has 0 amide bonds. The summed E-state index contributed by atoms with van der Waals surface area (Å²) in [7, 11) is 0. The average Bonchev–Trinajstić information content (AvgIpc) is 3.04. The molecule has 1 saturated carbocycles. The highest BCUT2D eigenvalue weighted by Gasteiger charge is 2.22. The number of hydrogen-bond acceptors (Lipinski definition) is 3. The Balaban J connectivity index is 1.51. The minimum Gasteiger partial charge on any atom is -0.381 e. The van der Waals surface area contributed by atoms with Gasteiger partial charge in [-0.25, -0.2) is 4.98 Å². The van der Waals surface area contributed by atoms with E-state index in [9.17, 15) is 0 Å². The maximum absolute atomic E-state index is 5.77. The average molecular weight is 221 g/mol. The van der Waals surface area contributed by atoms with E-state index in [1.165, 1.54) is 12.8 Å². The second kappa shape index (κ2) is 4.55. The lowest BCUT2D eigenvalue weighted by Gasteiger charge is -2.15. The summed E-state index contributed by atoms with van der Waals surface area (Å²) in [5.74, 6) is 2.58. The summed E-state index contributed by atoms with van der Waals surface area (Å²) in [6.45, 7) is 4.79. The van der Waals surface area contributed by atoms with Crippen LogP contribution in [0.2, 0.25) is 0 Å². The van der Waals surface area contributed by atoms with Gasteiger partial charge in [0.15, 0.2) is 0 Å². The normalized spacial score (nSPS) is 25.1. The molecule has 0 aromatic carbocycles. The standard InChI is InChI=1S/C12H19N3O/c1-2-10(1)8-16-9-11-5-13-6-12-14-3-4-15(12)7-11/h3-4,10-11,13H,1-2,5-9H2/t11-/m0/s1. The van der Waals surface area contributed by atoms with Crippen molar-refractivity contribution in [3.05, 3.63) is 18.2 Å². The first kappa shape index (κ1) is 10.3. The fourth-order valence-electron chi connectivity index (χ4n) is 2.20. The number of hydrogen-bond donors (Lipinski definition) is 1. The third-order valence-electron chi connectivity index (χ3n) is 3.38. The molecule has 1 aliphatic heterocycles. The Kier molecular flexibility index (Phi) is 2.93. The minimum absolute atomic E-state index is 0.578. The van der Waals surface area contributed by atoms with Crippen molar-refractivity contribution in [3.8, 4) is 0 Å². The highest BCUT2D eigenvalue weighted by atomic mass is 16.5. The monoisotopic (exact) mass is 221 g/mol. The smallest absolute Gasteiger partial charge is 0.122 e. The van der Waals surface area contributed by atoms with E-state index in [0.29, 0.717) is 5.92 Å². The number of fused-ring (bicyclic) bond motifs is 1. The van der Waals surface area contributed by atoms with Gasteiger partial charge >= 0.3 is 0 Å². The van der Waals surface area contributed by atoms with E-state index in [1.807, 2.05) is 6.20 Å². The lowest BCUT2D eigenvalue weighted by atomic mass is 10.1. The van der Waals surface area contributed by atoms with Crippen LogP contribution in [0.1, 0.15) is 18.7 Å². The summed E-state index contributed by atoms with van der Waals surface area (Å²) in [6, 6.07) is 0. The molecule has 3 rings (SSSR count). The Bertz CT molecular complexity index is 346. The summed E-state index contributed by atoms with van der Waals surface area (Å²) < 4.78 is 8.01. The number of ether oxygens (including phenoxy) is 1. The van der Waals surface area contributed by atoms with Crippen LogP contribution in [-0.2, 0) is 17.8 Å². The van der Waals surface area contributed by atoms with Crippen molar-refractivity contribution in [2.75, 3.05) is 19.8 Å². The molecule has 1 aromatic rings.